The first-order chi connectivity index (χ1) is 11.7. The molecule has 1 fully saturated rings. The molecule has 1 aromatic carbocycles. The van der Waals surface area contributed by atoms with Crippen molar-refractivity contribution in [1.29, 1.82) is 0 Å². The molecule has 0 saturated carbocycles. The quantitative estimate of drug-likeness (QED) is 0.853. The van der Waals surface area contributed by atoms with E-state index in [1.54, 1.807) is 7.11 Å². The molecule has 3 rings (SSSR count). The lowest BCUT2D eigenvalue weighted by Crippen LogP contribution is -2.37. The number of piperidine rings is 1. The molecule has 2 aromatic rings. The Balaban J connectivity index is 1.49. The number of carbonyl (C=O) groups excluding carboxylic acids is 1. The number of rotatable bonds is 6. The number of amides is 1. The van der Waals surface area contributed by atoms with Gasteiger partial charge in [0.15, 0.2) is 0 Å². The Morgan fingerprint density at radius 2 is 2.33 bits per heavy atom. The maximum Gasteiger partial charge on any atom is 0.220 e. The van der Waals surface area contributed by atoms with E-state index in [0.29, 0.717) is 19.0 Å². The molecule has 1 aliphatic heterocycles. The molecule has 0 aliphatic carbocycles. The van der Waals surface area contributed by atoms with Crippen molar-refractivity contribution in [3.63, 3.8) is 0 Å². The minimum atomic E-state index is 0.0898. The lowest BCUT2D eigenvalue weighted by molar-refractivity contribution is -0.121. The van der Waals surface area contributed by atoms with Crippen LogP contribution >= 0.6 is 0 Å². The summed E-state index contributed by atoms with van der Waals surface area (Å²) in [5.74, 6) is 1.65. The van der Waals surface area contributed by atoms with E-state index in [9.17, 15) is 4.79 Å². The van der Waals surface area contributed by atoms with Gasteiger partial charge in [0.05, 0.1) is 24.7 Å². The largest absolute Gasteiger partial charge is 0.497 e. The van der Waals surface area contributed by atoms with Crippen LogP contribution in [0.5, 0.6) is 5.75 Å². The van der Waals surface area contributed by atoms with Gasteiger partial charge in [0.2, 0.25) is 5.91 Å². The number of nitrogens with one attached hydrogen (secondary N) is 2. The SMILES string of the molecule is COc1ccc2nc(CNC(=O)CCC3CCCCN3C)[nH]c2c1. The van der Waals surface area contributed by atoms with Crippen molar-refractivity contribution in [2.75, 3.05) is 20.7 Å². The van der Waals surface area contributed by atoms with Gasteiger partial charge in [-0.15, -0.1) is 0 Å². The summed E-state index contributed by atoms with van der Waals surface area (Å²) in [6.45, 7) is 1.57. The van der Waals surface area contributed by atoms with Crippen LogP contribution in [0.25, 0.3) is 11.0 Å². The third-order valence-corrected chi connectivity index (χ3v) is 4.82. The van der Waals surface area contributed by atoms with Gasteiger partial charge in [-0.25, -0.2) is 4.98 Å². The molecule has 24 heavy (non-hydrogen) atoms. The number of aromatic nitrogens is 2. The molecule has 1 unspecified atom stereocenters. The Labute approximate surface area is 142 Å². The predicted molar refractivity (Wildman–Crippen MR) is 94.0 cm³/mol. The summed E-state index contributed by atoms with van der Waals surface area (Å²) >= 11 is 0. The number of methoxy groups -OCH3 is 1. The summed E-state index contributed by atoms with van der Waals surface area (Å²) < 4.78 is 5.21. The van der Waals surface area contributed by atoms with E-state index in [0.717, 1.165) is 35.6 Å². The number of carbonyl (C=O) groups is 1. The lowest BCUT2D eigenvalue weighted by Gasteiger charge is -2.32. The number of H-pyrrole nitrogens is 1. The van der Waals surface area contributed by atoms with Crippen LogP contribution in [0.1, 0.15) is 37.9 Å². The molecule has 2 N–H and O–H groups in total. The molecule has 1 amide bonds. The number of imidazole rings is 1. The zero-order chi connectivity index (χ0) is 16.9. The van der Waals surface area contributed by atoms with Gasteiger partial charge >= 0.3 is 0 Å². The average Bonchev–Trinajstić information content (AvgIpc) is 3.01. The van der Waals surface area contributed by atoms with Gasteiger partial charge in [0.25, 0.3) is 0 Å². The zero-order valence-corrected chi connectivity index (χ0v) is 14.5. The minimum Gasteiger partial charge on any atom is -0.497 e. The van der Waals surface area contributed by atoms with Crippen molar-refractivity contribution in [2.24, 2.45) is 0 Å². The molecule has 130 valence electrons. The zero-order valence-electron chi connectivity index (χ0n) is 14.5. The van der Waals surface area contributed by atoms with E-state index in [4.69, 9.17) is 4.74 Å². The lowest BCUT2D eigenvalue weighted by atomic mass is 9.98. The third kappa shape index (κ3) is 4.06. The van der Waals surface area contributed by atoms with Crippen molar-refractivity contribution < 1.29 is 9.53 Å². The van der Waals surface area contributed by atoms with Crippen LogP contribution < -0.4 is 10.1 Å². The Kier molecular flexibility index (Phi) is 5.35. The molecule has 0 spiro atoms. The van der Waals surface area contributed by atoms with Gasteiger partial charge in [-0.1, -0.05) is 6.42 Å². The van der Waals surface area contributed by atoms with Crippen LogP contribution in [0.3, 0.4) is 0 Å². The van der Waals surface area contributed by atoms with Gasteiger partial charge in [-0.05, 0) is 45.0 Å². The molecule has 1 saturated heterocycles. The summed E-state index contributed by atoms with van der Waals surface area (Å²) in [5.41, 5.74) is 1.80. The number of hydrogen-bond acceptors (Lipinski definition) is 4. The number of nitrogens with zero attached hydrogens (tertiary/aromatic N) is 2. The smallest absolute Gasteiger partial charge is 0.220 e. The summed E-state index contributed by atoms with van der Waals surface area (Å²) in [5, 5.41) is 2.96. The van der Waals surface area contributed by atoms with Crippen LogP contribution in [-0.4, -0.2) is 47.5 Å². The normalized spacial score (nSPS) is 18.7. The van der Waals surface area contributed by atoms with Crippen LogP contribution in [0.15, 0.2) is 18.2 Å². The molecule has 1 aromatic heterocycles. The molecule has 1 aliphatic rings. The Morgan fingerprint density at radius 3 is 3.12 bits per heavy atom. The van der Waals surface area contributed by atoms with Crippen LogP contribution in [0.2, 0.25) is 0 Å². The Hall–Kier alpha value is -2.08. The minimum absolute atomic E-state index is 0.0898. The molecule has 1 atom stereocenters. The third-order valence-electron chi connectivity index (χ3n) is 4.82. The molecule has 0 bridgehead atoms. The van der Waals surface area contributed by atoms with Crippen LogP contribution in [0.4, 0.5) is 0 Å². The van der Waals surface area contributed by atoms with Crippen LogP contribution in [-0.2, 0) is 11.3 Å². The number of benzene rings is 1. The van der Waals surface area contributed by atoms with E-state index < -0.39 is 0 Å². The molecule has 6 nitrogen and oxygen atoms in total. The summed E-state index contributed by atoms with van der Waals surface area (Å²) in [7, 11) is 3.80. The average molecular weight is 330 g/mol. The number of likely N-dealkylation sites (tertiary alicyclic amines) is 1. The van der Waals surface area contributed by atoms with E-state index in [-0.39, 0.29) is 5.91 Å². The highest BCUT2D eigenvalue weighted by Gasteiger charge is 2.19. The fraction of sp³-hybridized carbons (Fsp3) is 0.556. The Bertz CT molecular complexity index is 697. The summed E-state index contributed by atoms with van der Waals surface area (Å²) in [6, 6.07) is 6.25. The van der Waals surface area contributed by atoms with E-state index in [1.807, 2.05) is 18.2 Å². The standard InChI is InChI=1S/C18H26N4O2/c1-22-10-4-3-5-13(22)6-9-18(23)19-12-17-20-15-8-7-14(24-2)11-16(15)21-17/h7-8,11,13H,3-6,9-10,12H2,1-2H3,(H,19,23)(H,20,21). The van der Waals surface area contributed by atoms with Crippen molar-refractivity contribution in [1.82, 2.24) is 20.2 Å². The second-order valence-electron chi connectivity index (χ2n) is 6.51. The first kappa shape index (κ1) is 16.8. The topological polar surface area (TPSA) is 70.2 Å². The van der Waals surface area contributed by atoms with Gasteiger partial charge in [0.1, 0.15) is 11.6 Å². The highest BCUT2D eigenvalue weighted by molar-refractivity contribution is 5.78. The Morgan fingerprint density at radius 1 is 1.46 bits per heavy atom. The maximum absolute atomic E-state index is 12.1. The van der Waals surface area contributed by atoms with Gasteiger partial charge in [-0.2, -0.15) is 0 Å². The van der Waals surface area contributed by atoms with Gasteiger partial charge in [0, 0.05) is 18.5 Å². The first-order valence-corrected chi connectivity index (χ1v) is 8.65. The number of hydrogen-bond donors (Lipinski definition) is 2. The molecule has 6 heteroatoms. The second-order valence-corrected chi connectivity index (χ2v) is 6.51. The second kappa shape index (κ2) is 7.66. The molecular weight excluding hydrogens is 304 g/mol. The summed E-state index contributed by atoms with van der Waals surface area (Å²) in [6.07, 6.45) is 5.26. The maximum atomic E-state index is 12.1. The van der Waals surface area contributed by atoms with Crippen molar-refractivity contribution in [3.05, 3.63) is 24.0 Å². The number of ether oxygens (including phenoxy) is 1. The fourth-order valence-corrected chi connectivity index (χ4v) is 3.33. The van der Waals surface area contributed by atoms with E-state index in [1.165, 1.54) is 19.3 Å². The van der Waals surface area contributed by atoms with Crippen molar-refractivity contribution in [3.8, 4) is 5.75 Å². The highest BCUT2D eigenvalue weighted by atomic mass is 16.5. The number of fused-ring (bicyclic) bond motifs is 1. The highest BCUT2D eigenvalue weighted by Crippen LogP contribution is 2.20. The van der Waals surface area contributed by atoms with Crippen molar-refractivity contribution >= 4 is 16.9 Å². The first-order valence-electron chi connectivity index (χ1n) is 8.65. The van der Waals surface area contributed by atoms with Crippen molar-refractivity contribution in [2.45, 2.75) is 44.7 Å². The van der Waals surface area contributed by atoms with Gasteiger partial charge in [-0.3, -0.25) is 4.79 Å². The monoisotopic (exact) mass is 330 g/mol. The van der Waals surface area contributed by atoms with Gasteiger partial charge < -0.3 is 19.9 Å². The fourth-order valence-electron chi connectivity index (χ4n) is 3.33. The molecule has 2 heterocycles. The summed E-state index contributed by atoms with van der Waals surface area (Å²) in [4.78, 5) is 22.2. The number of aromatic amines is 1. The predicted octanol–water partition coefficient (Wildman–Crippen LogP) is 2.45. The van der Waals surface area contributed by atoms with E-state index in [2.05, 4.69) is 27.2 Å². The van der Waals surface area contributed by atoms with Crippen LogP contribution in [0, 0.1) is 0 Å². The molecule has 0 radical (unpaired) electrons. The van der Waals surface area contributed by atoms with E-state index >= 15 is 0 Å². The molecular formula is C18H26N4O2.